The van der Waals surface area contributed by atoms with E-state index in [4.69, 9.17) is 23.8 Å². The van der Waals surface area contributed by atoms with E-state index in [2.05, 4.69) is 170 Å². The van der Waals surface area contributed by atoms with Gasteiger partial charge in [-0.3, -0.25) is 0 Å². The molecule has 3 heterocycles. The first-order valence-electron chi connectivity index (χ1n) is 20.1. The molecule has 12 aromatic rings. The van der Waals surface area contributed by atoms with Gasteiger partial charge in [0.25, 0.3) is 0 Å². The fraction of sp³-hybridized carbons (Fsp3) is 0. The predicted molar refractivity (Wildman–Crippen MR) is 245 cm³/mol. The molecule has 0 radical (unpaired) electrons. The van der Waals surface area contributed by atoms with Gasteiger partial charge in [0.2, 0.25) is 0 Å². The van der Waals surface area contributed by atoms with Crippen LogP contribution in [0.5, 0.6) is 0 Å². The molecule has 60 heavy (non-hydrogen) atoms. The number of nitrogens with zero attached hydrogens (tertiary/aromatic N) is 3. The number of benzene rings is 9. The standard InChI is InChI=1S/C55H33N3O2/c1-3-13-34(14-4-1)36-18-11-20-41(29-36)53-56-54(42-21-12-19-37(30-42)35-15-5-2-6-16-35)58-55(57-53)47-32-40-17-7-8-22-43(40)52-51(47)46-31-38(26-28-49(46)60-52)39-25-27-45-44-23-9-10-24-48(44)59-50(45)33-39/h1-33H. The molecule has 0 atom stereocenters. The van der Waals surface area contributed by atoms with E-state index in [1.807, 2.05) is 30.3 Å². The summed E-state index contributed by atoms with van der Waals surface area (Å²) < 4.78 is 13.1. The van der Waals surface area contributed by atoms with Crippen LogP contribution < -0.4 is 0 Å². The Morgan fingerprint density at radius 2 is 0.800 bits per heavy atom. The van der Waals surface area contributed by atoms with Crippen molar-refractivity contribution in [3.8, 4) is 67.5 Å². The average molecular weight is 768 g/mol. The van der Waals surface area contributed by atoms with E-state index in [1.165, 1.54) is 0 Å². The molecule has 9 aromatic carbocycles. The van der Waals surface area contributed by atoms with Crippen LogP contribution in [0, 0.1) is 0 Å². The largest absolute Gasteiger partial charge is 0.456 e. The molecule has 0 amide bonds. The quantitative estimate of drug-likeness (QED) is 0.169. The summed E-state index contributed by atoms with van der Waals surface area (Å²) in [7, 11) is 0. The zero-order chi connectivity index (χ0) is 39.6. The Labute approximate surface area is 344 Å². The third-order valence-corrected chi connectivity index (χ3v) is 11.5. The summed E-state index contributed by atoms with van der Waals surface area (Å²) in [4.78, 5) is 15.8. The monoisotopic (exact) mass is 767 g/mol. The van der Waals surface area contributed by atoms with Gasteiger partial charge in [0.1, 0.15) is 22.3 Å². The lowest BCUT2D eigenvalue weighted by molar-refractivity contribution is 0.669. The van der Waals surface area contributed by atoms with Crippen molar-refractivity contribution in [2.45, 2.75) is 0 Å². The van der Waals surface area contributed by atoms with Crippen LogP contribution in [0.1, 0.15) is 0 Å². The molecule has 0 aliphatic rings. The normalized spacial score (nSPS) is 11.7. The first-order chi connectivity index (χ1) is 29.7. The van der Waals surface area contributed by atoms with E-state index in [0.717, 1.165) is 105 Å². The first kappa shape index (κ1) is 33.9. The van der Waals surface area contributed by atoms with Gasteiger partial charge >= 0.3 is 0 Å². The fourth-order valence-corrected chi connectivity index (χ4v) is 8.56. The summed E-state index contributed by atoms with van der Waals surface area (Å²) in [5.74, 6) is 1.75. The maximum atomic E-state index is 6.80. The number of para-hydroxylation sites is 1. The molecule has 0 spiro atoms. The average Bonchev–Trinajstić information content (AvgIpc) is 3.90. The maximum Gasteiger partial charge on any atom is 0.164 e. The highest BCUT2D eigenvalue weighted by molar-refractivity contribution is 6.21. The van der Waals surface area contributed by atoms with E-state index in [1.54, 1.807) is 0 Å². The van der Waals surface area contributed by atoms with Crippen molar-refractivity contribution in [2.75, 3.05) is 0 Å². The van der Waals surface area contributed by atoms with Gasteiger partial charge in [-0.2, -0.15) is 0 Å². The van der Waals surface area contributed by atoms with E-state index in [9.17, 15) is 0 Å². The number of furan rings is 2. The van der Waals surface area contributed by atoms with Crippen LogP contribution in [0.2, 0.25) is 0 Å². The summed E-state index contributed by atoms with van der Waals surface area (Å²) in [6.45, 7) is 0. The topological polar surface area (TPSA) is 65.0 Å². The van der Waals surface area contributed by atoms with Crippen molar-refractivity contribution in [2.24, 2.45) is 0 Å². The lowest BCUT2D eigenvalue weighted by atomic mass is 9.97. The Hall–Kier alpha value is -8.15. The van der Waals surface area contributed by atoms with Gasteiger partial charge in [-0.05, 0) is 87.3 Å². The van der Waals surface area contributed by atoms with Gasteiger partial charge in [-0.1, -0.05) is 152 Å². The third-order valence-electron chi connectivity index (χ3n) is 11.5. The Kier molecular flexibility index (Phi) is 7.78. The number of fused-ring (bicyclic) bond motifs is 8. The minimum atomic E-state index is 0.567. The molecule has 0 bridgehead atoms. The predicted octanol–water partition coefficient (Wildman–Crippen LogP) is 14.8. The Balaban J connectivity index is 1.09. The molecule has 0 aliphatic carbocycles. The molecule has 0 unspecified atom stereocenters. The highest BCUT2D eigenvalue weighted by Crippen LogP contribution is 2.43. The first-order valence-corrected chi connectivity index (χ1v) is 20.1. The van der Waals surface area contributed by atoms with Gasteiger partial charge in [0.15, 0.2) is 17.5 Å². The van der Waals surface area contributed by atoms with Crippen molar-refractivity contribution < 1.29 is 8.83 Å². The zero-order valence-corrected chi connectivity index (χ0v) is 32.2. The molecule has 12 rings (SSSR count). The highest BCUT2D eigenvalue weighted by Gasteiger charge is 2.21. The van der Waals surface area contributed by atoms with E-state index in [0.29, 0.717) is 17.5 Å². The molecule has 0 saturated heterocycles. The highest BCUT2D eigenvalue weighted by atomic mass is 16.3. The summed E-state index contributed by atoms with van der Waals surface area (Å²) in [5.41, 5.74) is 12.5. The van der Waals surface area contributed by atoms with Crippen LogP contribution in [-0.2, 0) is 0 Å². The van der Waals surface area contributed by atoms with Crippen LogP contribution in [0.3, 0.4) is 0 Å². The minimum absolute atomic E-state index is 0.567. The molecule has 0 N–H and O–H groups in total. The van der Waals surface area contributed by atoms with E-state index in [-0.39, 0.29) is 0 Å². The van der Waals surface area contributed by atoms with Crippen LogP contribution in [0.15, 0.2) is 209 Å². The molecule has 0 fully saturated rings. The van der Waals surface area contributed by atoms with Crippen molar-refractivity contribution in [3.05, 3.63) is 200 Å². The smallest absolute Gasteiger partial charge is 0.164 e. The molecule has 3 aromatic heterocycles. The van der Waals surface area contributed by atoms with Crippen LogP contribution >= 0.6 is 0 Å². The summed E-state index contributed by atoms with van der Waals surface area (Å²) in [6.07, 6.45) is 0. The number of hydrogen-bond acceptors (Lipinski definition) is 5. The number of rotatable bonds is 6. The van der Waals surface area contributed by atoms with E-state index >= 15 is 0 Å². The van der Waals surface area contributed by atoms with Gasteiger partial charge in [0.05, 0.1) is 0 Å². The van der Waals surface area contributed by atoms with Crippen molar-refractivity contribution in [1.82, 2.24) is 15.0 Å². The number of hydrogen-bond donors (Lipinski definition) is 0. The van der Waals surface area contributed by atoms with Crippen molar-refractivity contribution in [1.29, 1.82) is 0 Å². The summed E-state index contributed by atoms with van der Waals surface area (Å²) in [5, 5.41) is 6.21. The van der Waals surface area contributed by atoms with Crippen LogP contribution in [0.4, 0.5) is 0 Å². The minimum Gasteiger partial charge on any atom is -0.456 e. The third kappa shape index (κ3) is 5.75. The van der Waals surface area contributed by atoms with Crippen LogP contribution in [0.25, 0.3) is 122 Å². The van der Waals surface area contributed by atoms with Crippen molar-refractivity contribution >= 4 is 54.6 Å². The van der Waals surface area contributed by atoms with Crippen LogP contribution in [-0.4, -0.2) is 15.0 Å². The van der Waals surface area contributed by atoms with Gasteiger partial charge in [0, 0.05) is 43.6 Å². The Morgan fingerprint density at radius 3 is 1.52 bits per heavy atom. The Morgan fingerprint density at radius 1 is 0.283 bits per heavy atom. The zero-order valence-electron chi connectivity index (χ0n) is 32.2. The summed E-state index contributed by atoms with van der Waals surface area (Å²) in [6, 6.07) is 69.2. The SMILES string of the molecule is c1ccc(-c2cccc(-c3nc(-c4cccc(-c5ccccc5)c4)nc(-c4cc5ccccc5c5oc6ccc(-c7ccc8c(c7)oc7ccccc78)cc6c45)n3)c2)cc1. The molecule has 0 saturated carbocycles. The molecule has 0 aliphatic heterocycles. The molecule has 5 nitrogen and oxygen atoms in total. The summed E-state index contributed by atoms with van der Waals surface area (Å²) >= 11 is 0. The maximum absolute atomic E-state index is 6.80. The molecular weight excluding hydrogens is 735 g/mol. The lowest BCUT2D eigenvalue weighted by Crippen LogP contribution is -2.01. The lowest BCUT2D eigenvalue weighted by Gasteiger charge is -2.12. The fourth-order valence-electron chi connectivity index (χ4n) is 8.56. The van der Waals surface area contributed by atoms with Gasteiger partial charge < -0.3 is 8.83 Å². The molecule has 5 heteroatoms. The molecular formula is C55H33N3O2. The van der Waals surface area contributed by atoms with Gasteiger partial charge in [-0.15, -0.1) is 0 Å². The van der Waals surface area contributed by atoms with Crippen molar-refractivity contribution in [3.63, 3.8) is 0 Å². The second-order valence-electron chi connectivity index (χ2n) is 15.2. The number of aromatic nitrogens is 3. The Bertz CT molecular complexity index is 3510. The second kappa shape index (κ2) is 13.8. The molecule has 280 valence electrons. The van der Waals surface area contributed by atoms with E-state index < -0.39 is 0 Å². The second-order valence-corrected chi connectivity index (χ2v) is 15.2. The van der Waals surface area contributed by atoms with Gasteiger partial charge in [-0.25, -0.2) is 15.0 Å².